The fourth-order valence-corrected chi connectivity index (χ4v) is 0. The molecule has 0 radical (unpaired) electrons. The molecule has 0 atom stereocenters. The summed E-state index contributed by atoms with van der Waals surface area (Å²) in [5, 5.41) is 17.8. The summed E-state index contributed by atoms with van der Waals surface area (Å²) in [4.78, 5) is 17.8. The largest absolute Gasteiger partial charge is 1.00 e. The number of nitrogens with zero attached hydrogens (tertiary/aromatic N) is 1. The molecule has 0 fully saturated rings. The molecule has 0 saturated heterocycles. The number of carbonyl (C=O) groups excluding carboxylic acids is 2. The molecular formula is C8H18NNaO4. The molecule has 0 heterocycles. The van der Waals surface area contributed by atoms with Crippen LogP contribution in [0.4, 0.5) is 0 Å². The molecule has 0 aromatic carbocycles. The SMILES string of the molecule is CC(=O)[O-].CC(=O)[O-].C[N+](C)(C)C.[Na+]. The second-order valence-electron chi connectivity index (χ2n) is 3.67. The maximum absolute atomic E-state index is 8.89. The molecule has 0 bridgehead atoms. The zero-order chi connectivity index (χ0) is 11.7. The van der Waals surface area contributed by atoms with Gasteiger partial charge in [0.25, 0.3) is 0 Å². The minimum Gasteiger partial charge on any atom is -0.550 e. The van der Waals surface area contributed by atoms with Crippen LogP contribution in [-0.4, -0.2) is 44.6 Å². The maximum atomic E-state index is 8.89. The van der Waals surface area contributed by atoms with E-state index in [0.29, 0.717) is 0 Å². The van der Waals surface area contributed by atoms with Crippen molar-refractivity contribution in [2.24, 2.45) is 0 Å². The molecule has 14 heavy (non-hydrogen) atoms. The summed E-state index contributed by atoms with van der Waals surface area (Å²) in [7, 11) is 8.50. The molecule has 0 unspecified atom stereocenters. The predicted octanol–water partition coefficient (Wildman–Crippen LogP) is -5.16. The number of aliphatic carboxylic acids is 2. The third kappa shape index (κ3) is 141000. The second kappa shape index (κ2) is 12.9. The Morgan fingerprint density at radius 3 is 0.857 bits per heavy atom. The van der Waals surface area contributed by atoms with Gasteiger partial charge in [0.1, 0.15) is 0 Å². The van der Waals surface area contributed by atoms with Gasteiger partial charge in [0.05, 0.1) is 28.2 Å². The van der Waals surface area contributed by atoms with Gasteiger partial charge in [-0.05, 0) is 13.8 Å². The molecule has 6 heteroatoms. The smallest absolute Gasteiger partial charge is 0.550 e. The van der Waals surface area contributed by atoms with Gasteiger partial charge in [0.15, 0.2) is 0 Å². The molecule has 0 aliphatic rings. The van der Waals surface area contributed by atoms with Crippen LogP contribution < -0.4 is 39.8 Å². The Morgan fingerprint density at radius 2 is 0.857 bits per heavy atom. The average Bonchev–Trinajstić information content (AvgIpc) is 1.50. The Kier molecular flexibility index (Phi) is 21.7. The van der Waals surface area contributed by atoms with Crippen LogP contribution in [0.2, 0.25) is 0 Å². The Bertz CT molecular complexity index is 128. The summed E-state index contributed by atoms with van der Waals surface area (Å²) < 4.78 is 1.00. The molecule has 0 N–H and O–H groups in total. The number of carboxylic acids is 2. The van der Waals surface area contributed by atoms with Gasteiger partial charge in [-0.25, -0.2) is 0 Å². The Morgan fingerprint density at radius 1 is 0.857 bits per heavy atom. The van der Waals surface area contributed by atoms with E-state index in [2.05, 4.69) is 28.2 Å². The number of carboxylic acid groups (broad SMARTS) is 2. The summed E-state index contributed by atoms with van der Waals surface area (Å²) in [6, 6.07) is 0. The van der Waals surface area contributed by atoms with Gasteiger partial charge in [-0.3, -0.25) is 0 Å². The number of carbonyl (C=O) groups is 2. The van der Waals surface area contributed by atoms with E-state index in [1.165, 1.54) is 0 Å². The quantitative estimate of drug-likeness (QED) is 0.299. The average molecular weight is 215 g/mol. The van der Waals surface area contributed by atoms with Crippen LogP contribution in [0.15, 0.2) is 0 Å². The Labute approximate surface area is 108 Å². The van der Waals surface area contributed by atoms with Gasteiger partial charge < -0.3 is 24.3 Å². The van der Waals surface area contributed by atoms with Crippen molar-refractivity contribution in [1.82, 2.24) is 0 Å². The minimum atomic E-state index is -1.08. The normalized spacial score (nSPS) is 7.86. The van der Waals surface area contributed by atoms with Gasteiger partial charge in [0, 0.05) is 11.9 Å². The topological polar surface area (TPSA) is 80.3 Å². The van der Waals surface area contributed by atoms with E-state index >= 15 is 0 Å². The Hall–Kier alpha value is -0.100. The van der Waals surface area contributed by atoms with Crippen LogP contribution >= 0.6 is 0 Å². The van der Waals surface area contributed by atoms with Crippen molar-refractivity contribution in [2.45, 2.75) is 13.8 Å². The van der Waals surface area contributed by atoms with Gasteiger partial charge in [0.2, 0.25) is 0 Å². The first-order valence-electron chi connectivity index (χ1n) is 3.61. The van der Waals surface area contributed by atoms with E-state index in [4.69, 9.17) is 19.8 Å². The van der Waals surface area contributed by atoms with Crippen LogP contribution in [0.3, 0.4) is 0 Å². The van der Waals surface area contributed by atoms with E-state index in [1.807, 2.05) is 0 Å². The standard InChI is InChI=1S/C4H12N.2C2H4O2.Na/c1-5(2,3)4;2*1-2(3)4;/h1-4H3;2*1H3,(H,3,4);/q+1;;;+1/p-2. The fourth-order valence-electron chi connectivity index (χ4n) is 0. The summed E-state index contributed by atoms with van der Waals surface area (Å²) in [6.07, 6.45) is 0. The molecule has 0 rings (SSSR count). The first-order chi connectivity index (χ1) is 5.46. The summed E-state index contributed by atoms with van der Waals surface area (Å²) >= 11 is 0. The fraction of sp³-hybridized carbons (Fsp3) is 0.750. The van der Waals surface area contributed by atoms with Crippen molar-refractivity contribution < 1.29 is 53.8 Å². The first-order valence-corrected chi connectivity index (χ1v) is 3.61. The summed E-state index contributed by atoms with van der Waals surface area (Å²) in [6.45, 7) is 1.94. The monoisotopic (exact) mass is 215 g/mol. The summed E-state index contributed by atoms with van der Waals surface area (Å²) in [5.74, 6) is -2.17. The molecule has 0 aliphatic carbocycles. The van der Waals surface area contributed by atoms with Crippen molar-refractivity contribution in [3.05, 3.63) is 0 Å². The third-order valence-electron chi connectivity index (χ3n) is 0. The zero-order valence-electron chi connectivity index (χ0n) is 10.1. The second-order valence-corrected chi connectivity index (χ2v) is 3.67. The molecule has 0 amide bonds. The van der Waals surface area contributed by atoms with Crippen molar-refractivity contribution >= 4 is 11.9 Å². The van der Waals surface area contributed by atoms with E-state index < -0.39 is 11.9 Å². The van der Waals surface area contributed by atoms with Crippen molar-refractivity contribution in [3.8, 4) is 0 Å². The van der Waals surface area contributed by atoms with Gasteiger partial charge in [-0.1, -0.05) is 0 Å². The van der Waals surface area contributed by atoms with Crippen LogP contribution in [0.5, 0.6) is 0 Å². The number of rotatable bonds is 0. The van der Waals surface area contributed by atoms with E-state index in [0.717, 1.165) is 18.3 Å². The van der Waals surface area contributed by atoms with Crippen LogP contribution in [-0.2, 0) is 9.59 Å². The van der Waals surface area contributed by atoms with Gasteiger partial charge in [-0.2, -0.15) is 0 Å². The number of hydrogen-bond donors (Lipinski definition) is 0. The Balaban J connectivity index is -0.0000000522. The van der Waals surface area contributed by atoms with Crippen molar-refractivity contribution in [1.29, 1.82) is 0 Å². The number of hydrogen-bond acceptors (Lipinski definition) is 4. The molecule has 80 valence electrons. The van der Waals surface area contributed by atoms with Gasteiger partial charge >= 0.3 is 29.6 Å². The molecule has 0 aromatic rings. The zero-order valence-corrected chi connectivity index (χ0v) is 12.1. The molecule has 0 saturated carbocycles. The van der Waals surface area contributed by atoms with E-state index in [-0.39, 0.29) is 29.6 Å². The molecule has 5 nitrogen and oxygen atoms in total. The molecular weight excluding hydrogens is 197 g/mol. The molecule has 0 aromatic heterocycles. The molecule has 0 aliphatic heterocycles. The van der Waals surface area contributed by atoms with Crippen LogP contribution in [0, 0.1) is 0 Å². The third-order valence-corrected chi connectivity index (χ3v) is 0. The van der Waals surface area contributed by atoms with Gasteiger partial charge in [-0.15, -0.1) is 0 Å². The minimum absolute atomic E-state index is 0. The maximum Gasteiger partial charge on any atom is 1.00 e. The summed E-state index contributed by atoms with van der Waals surface area (Å²) in [5.41, 5.74) is 0. The first kappa shape index (κ1) is 23.6. The number of quaternary nitrogens is 1. The van der Waals surface area contributed by atoms with E-state index in [1.54, 1.807) is 0 Å². The van der Waals surface area contributed by atoms with Crippen molar-refractivity contribution in [2.75, 3.05) is 28.2 Å². The van der Waals surface area contributed by atoms with E-state index in [9.17, 15) is 0 Å². The predicted molar refractivity (Wildman–Crippen MR) is 45.3 cm³/mol. The van der Waals surface area contributed by atoms with Crippen LogP contribution in [0.25, 0.3) is 0 Å². The molecule has 0 spiro atoms. The van der Waals surface area contributed by atoms with Crippen LogP contribution in [0.1, 0.15) is 13.8 Å². The van der Waals surface area contributed by atoms with Crippen molar-refractivity contribution in [3.63, 3.8) is 0 Å².